The van der Waals surface area contributed by atoms with E-state index in [9.17, 15) is 0 Å². The monoisotopic (exact) mass is 112 g/mol. The van der Waals surface area contributed by atoms with Gasteiger partial charge in [-0.25, -0.2) is 0 Å². The first-order valence-corrected chi connectivity index (χ1v) is 3.12. The van der Waals surface area contributed by atoms with Crippen molar-refractivity contribution in [2.75, 3.05) is 7.11 Å². The van der Waals surface area contributed by atoms with E-state index < -0.39 is 0 Å². The van der Waals surface area contributed by atoms with Crippen molar-refractivity contribution in [1.82, 2.24) is 0 Å². The van der Waals surface area contributed by atoms with Gasteiger partial charge in [0.15, 0.2) is 0 Å². The molecule has 0 amide bonds. The van der Waals surface area contributed by atoms with Crippen LogP contribution in [-0.4, -0.2) is 16.6 Å². The second kappa shape index (κ2) is 5.50. The van der Waals surface area contributed by atoms with Crippen LogP contribution < -0.4 is 0 Å². The maximum Gasteiger partial charge on any atom is 0.104 e. The quantitative estimate of drug-likeness (QED) is 0.390. The van der Waals surface area contributed by atoms with Gasteiger partial charge in [0.1, 0.15) is 9.52 Å². The zero-order valence-electron chi connectivity index (χ0n) is 4.35. The van der Waals surface area contributed by atoms with Crippen molar-refractivity contribution < 1.29 is 4.74 Å². The van der Waals surface area contributed by atoms with Gasteiger partial charge in [0.05, 0.1) is 13.4 Å². The smallest absolute Gasteiger partial charge is 0.104 e. The second-order valence-electron chi connectivity index (χ2n) is 0.909. The highest BCUT2D eigenvalue weighted by Crippen LogP contribution is 1.68. The highest BCUT2D eigenvalue weighted by Gasteiger charge is 1.65. The molecule has 0 aliphatic rings. The molecule has 0 aromatic rings. The molecule has 0 saturated carbocycles. The van der Waals surface area contributed by atoms with E-state index in [1.165, 1.54) is 0 Å². The maximum atomic E-state index is 4.62. The number of ether oxygens (including phenoxy) is 1. The summed E-state index contributed by atoms with van der Waals surface area (Å²) >= 11 is 0. The standard InChI is InChI=1S/C5H8OSi/c1-3-7-5-4-6-2/h3-5H,1H2,2H3. The fraction of sp³-hybridized carbons (Fsp3) is 0.200. The lowest BCUT2D eigenvalue weighted by molar-refractivity contribution is 0.339. The van der Waals surface area contributed by atoms with E-state index in [1.807, 2.05) is 11.4 Å². The van der Waals surface area contributed by atoms with Crippen LogP contribution >= 0.6 is 0 Å². The van der Waals surface area contributed by atoms with Crippen LogP contribution in [-0.2, 0) is 4.74 Å². The Hall–Kier alpha value is -0.503. The van der Waals surface area contributed by atoms with Gasteiger partial charge in [-0.1, -0.05) is 5.70 Å². The molecular formula is C5H8OSi. The molecule has 0 aliphatic heterocycles. The van der Waals surface area contributed by atoms with Crippen molar-refractivity contribution in [3.8, 4) is 0 Å². The predicted octanol–water partition coefficient (Wildman–Crippen LogP) is 0.952. The molecule has 0 saturated heterocycles. The van der Waals surface area contributed by atoms with Crippen LogP contribution in [0.3, 0.4) is 0 Å². The Bertz CT molecular complexity index is 68.5. The minimum absolute atomic E-state index is 0.680. The fourth-order valence-corrected chi connectivity index (χ4v) is 0.526. The lowest BCUT2D eigenvalue weighted by atomic mass is 11.1. The molecule has 0 aromatic heterocycles. The molecule has 0 heterocycles. The highest BCUT2D eigenvalue weighted by molar-refractivity contribution is 6.47. The summed E-state index contributed by atoms with van der Waals surface area (Å²) in [4.78, 5) is 0. The van der Waals surface area contributed by atoms with Gasteiger partial charge >= 0.3 is 0 Å². The molecule has 2 radical (unpaired) electrons. The Morgan fingerprint density at radius 3 is 2.86 bits per heavy atom. The van der Waals surface area contributed by atoms with Crippen LogP contribution in [0.25, 0.3) is 0 Å². The Balaban J connectivity index is 2.92. The lowest BCUT2D eigenvalue weighted by Crippen LogP contribution is -1.74. The average molecular weight is 112 g/mol. The first kappa shape index (κ1) is 6.50. The molecular weight excluding hydrogens is 104 g/mol. The largest absolute Gasteiger partial charge is 0.505 e. The van der Waals surface area contributed by atoms with E-state index in [0.717, 1.165) is 0 Å². The highest BCUT2D eigenvalue weighted by atomic mass is 28.2. The van der Waals surface area contributed by atoms with Gasteiger partial charge in [-0.15, -0.1) is 12.3 Å². The van der Waals surface area contributed by atoms with Crippen LogP contribution in [0, 0.1) is 0 Å². The summed E-state index contributed by atoms with van der Waals surface area (Å²) in [6.07, 6.45) is 1.65. The number of hydrogen-bond acceptors (Lipinski definition) is 1. The maximum absolute atomic E-state index is 4.62. The van der Waals surface area contributed by atoms with Crippen LogP contribution in [0.15, 0.2) is 24.2 Å². The molecule has 0 aliphatic carbocycles. The molecule has 0 fully saturated rings. The van der Waals surface area contributed by atoms with Crippen molar-refractivity contribution in [3.05, 3.63) is 24.2 Å². The number of rotatable bonds is 3. The number of hydrogen-bond donors (Lipinski definition) is 0. The SMILES string of the molecule is C=C[Si]C=COC. The topological polar surface area (TPSA) is 9.23 Å². The average Bonchev–Trinajstić information content (AvgIpc) is 1.69. The molecule has 7 heavy (non-hydrogen) atoms. The first-order chi connectivity index (χ1) is 3.41. The minimum Gasteiger partial charge on any atom is -0.505 e. The summed E-state index contributed by atoms with van der Waals surface area (Å²) in [5.41, 5.74) is 3.77. The lowest BCUT2D eigenvalue weighted by Gasteiger charge is -1.80. The van der Waals surface area contributed by atoms with Gasteiger partial charge in [-0.2, -0.15) is 0 Å². The van der Waals surface area contributed by atoms with Crippen LogP contribution in [0.4, 0.5) is 0 Å². The number of methoxy groups -OCH3 is 1. The van der Waals surface area contributed by atoms with Gasteiger partial charge in [-0.05, 0) is 0 Å². The van der Waals surface area contributed by atoms with Gasteiger partial charge in [0, 0.05) is 0 Å². The van der Waals surface area contributed by atoms with E-state index in [2.05, 4.69) is 11.3 Å². The summed E-state index contributed by atoms with van der Waals surface area (Å²) in [5.74, 6) is 0. The van der Waals surface area contributed by atoms with E-state index in [-0.39, 0.29) is 0 Å². The van der Waals surface area contributed by atoms with Crippen LogP contribution in [0.5, 0.6) is 0 Å². The summed E-state index contributed by atoms with van der Waals surface area (Å²) < 4.78 is 4.62. The Morgan fingerprint density at radius 2 is 2.43 bits per heavy atom. The van der Waals surface area contributed by atoms with Gasteiger partial charge in [0.25, 0.3) is 0 Å². The molecule has 2 heteroatoms. The summed E-state index contributed by atoms with van der Waals surface area (Å²) in [6, 6.07) is 0. The summed E-state index contributed by atoms with van der Waals surface area (Å²) in [7, 11) is 2.31. The molecule has 0 bridgehead atoms. The van der Waals surface area contributed by atoms with Crippen LogP contribution in [0.2, 0.25) is 0 Å². The third-order valence-electron chi connectivity index (χ3n) is 0.418. The third-order valence-corrected chi connectivity index (χ3v) is 0.982. The molecule has 0 rings (SSSR count). The summed E-state index contributed by atoms with van der Waals surface area (Å²) in [5, 5.41) is 0. The van der Waals surface area contributed by atoms with Crippen molar-refractivity contribution >= 4 is 9.52 Å². The van der Waals surface area contributed by atoms with Crippen LogP contribution in [0.1, 0.15) is 0 Å². The van der Waals surface area contributed by atoms with E-state index in [0.29, 0.717) is 9.52 Å². The Labute approximate surface area is 46.5 Å². The Kier molecular flexibility index (Phi) is 5.10. The van der Waals surface area contributed by atoms with Gasteiger partial charge in [-0.3, -0.25) is 0 Å². The normalized spacial score (nSPS) is 9.29. The van der Waals surface area contributed by atoms with E-state index >= 15 is 0 Å². The van der Waals surface area contributed by atoms with Gasteiger partial charge < -0.3 is 4.74 Å². The zero-order chi connectivity index (χ0) is 5.54. The predicted molar refractivity (Wildman–Crippen MR) is 32.1 cm³/mol. The van der Waals surface area contributed by atoms with Crippen molar-refractivity contribution in [2.45, 2.75) is 0 Å². The van der Waals surface area contributed by atoms with Crippen molar-refractivity contribution in [3.63, 3.8) is 0 Å². The molecule has 0 spiro atoms. The minimum atomic E-state index is 0.680. The van der Waals surface area contributed by atoms with E-state index in [4.69, 9.17) is 0 Å². The zero-order valence-corrected chi connectivity index (χ0v) is 5.35. The fourth-order valence-electron chi connectivity index (χ4n) is 0.175. The first-order valence-electron chi connectivity index (χ1n) is 1.96. The molecule has 0 atom stereocenters. The van der Waals surface area contributed by atoms with Crippen molar-refractivity contribution in [1.29, 1.82) is 0 Å². The Morgan fingerprint density at radius 1 is 1.71 bits per heavy atom. The summed E-state index contributed by atoms with van der Waals surface area (Å²) in [6.45, 7) is 3.54. The third kappa shape index (κ3) is 5.50. The second-order valence-corrected chi connectivity index (χ2v) is 1.98. The molecule has 0 aromatic carbocycles. The van der Waals surface area contributed by atoms with Gasteiger partial charge in [0.2, 0.25) is 0 Å². The molecule has 0 N–H and O–H groups in total. The molecule has 38 valence electrons. The molecule has 0 unspecified atom stereocenters. The van der Waals surface area contributed by atoms with E-state index in [1.54, 1.807) is 13.4 Å². The van der Waals surface area contributed by atoms with Crippen molar-refractivity contribution in [2.24, 2.45) is 0 Å². The molecule has 1 nitrogen and oxygen atoms in total.